The van der Waals surface area contributed by atoms with E-state index in [1.807, 2.05) is 32.2 Å². The first-order valence-corrected chi connectivity index (χ1v) is 6.05. The van der Waals surface area contributed by atoms with E-state index in [-0.39, 0.29) is 11.6 Å². The summed E-state index contributed by atoms with van der Waals surface area (Å²) in [6, 6.07) is 7.60. The van der Waals surface area contributed by atoms with Crippen LogP contribution in [0.5, 0.6) is 0 Å². The average molecular weight is 246 g/mol. The van der Waals surface area contributed by atoms with Gasteiger partial charge in [0.2, 0.25) is 0 Å². The zero-order valence-electron chi connectivity index (χ0n) is 10.8. The summed E-state index contributed by atoms with van der Waals surface area (Å²) >= 11 is 0. The topological polar surface area (TPSA) is 54.3 Å². The van der Waals surface area contributed by atoms with E-state index in [0.717, 1.165) is 10.9 Å². The van der Waals surface area contributed by atoms with Gasteiger partial charge in [-0.2, -0.15) is 0 Å². The van der Waals surface area contributed by atoms with E-state index in [4.69, 9.17) is 0 Å². The summed E-state index contributed by atoms with van der Waals surface area (Å²) < 4.78 is 1.37. The number of aliphatic hydroxyl groups excluding tert-OH is 1. The third-order valence-corrected chi connectivity index (χ3v) is 3.28. The second-order valence-corrected chi connectivity index (χ2v) is 4.48. The minimum absolute atomic E-state index is 0.112. The lowest BCUT2D eigenvalue weighted by Crippen LogP contribution is -2.25. The molecule has 0 bridgehead atoms. The van der Waals surface area contributed by atoms with Crippen molar-refractivity contribution in [2.75, 3.05) is 7.05 Å². The molecule has 0 aliphatic carbocycles. The Bertz CT molecular complexity index is 617. The Labute approximate surface area is 106 Å². The maximum absolute atomic E-state index is 12.2. The highest BCUT2D eigenvalue weighted by molar-refractivity contribution is 5.85. The van der Waals surface area contributed by atoms with Gasteiger partial charge in [0, 0.05) is 17.6 Å². The van der Waals surface area contributed by atoms with E-state index in [2.05, 4.69) is 5.32 Å². The summed E-state index contributed by atoms with van der Waals surface area (Å²) in [7, 11) is 1.87. The van der Waals surface area contributed by atoms with E-state index < -0.39 is 6.23 Å². The Morgan fingerprint density at radius 1 is 1.22 bits per heavy atom. The van der Waals surface area contributed by atoms with Gasteiger partial charge in [-0.05, 0) is 37.9 Å². The van der Waals surface area contributed by atoms with E-state index in [1.165, 1.54) is 4.57 Å². The van der Waals surface area contributed by atoms with Crippen LogP contribution in [0.4, 0.5) is 0 Å². The van der Waals surface area contributed by atoms with Crippen LogP contribution in [0.3, 0.4) is 0 Å². The molecule has 4 heteroatoms. The highest BCUT2D eigenvalue weighted by Gasteiger charge is 2.14. The van der Waals surface area contributed by atoms with Crippen LogP contribution in [0, 0.1) is 0 Å². The zero-order valence-corrected chi connectivity index (χ0v) is 10.8. The smallest absolute Gasteiger partial charge is 0.260 e. The molecular weight excluding hydrogens is 228 g/mol. The number of aliphatic hydroxyl groups is 1. The maximum Gasteiger partial charge on any atom is 0.260 e. The van der Waals surface area contributed by atoms with Gasteiger partial charge in [0.05, 0.1) is 0 Å². The lowest BCUT2D eigenvalue weighted by molar-refractivity contribution is 0.121. The van der Waals surface area contributed by atoms with Crippen molar-refractivity contribution in [3.05, 3.63) is 46.4 Å². The maximum atomic E-state index is 12.2. The van der Waals surface area contributed by atoms with Gasteiger partial charge in [0.15, 0.2) is 0 Å². The van der Waals surface area contributed by atoms with Gasteiger partial charge in [-0.1, -0.05) is 18.2 Å². The highest BCUT2D eigenvalue weighted by atomic mass is 16.3. The van der Waals surface area contributed by atoms with Gasteiger partial charge >= 0.3 is 0 Å². The zero-order chi connectivity index (χ0) is 13.3. The molecule has 4 nitrogen and oxygen atoms in total. The third-order valence-electron chi connectivity index (χ3n) is 3.28. The Hall–Kier alpha value is -1.65. The van der Waals surface area contributed by atoms with E-state index in [9.17, 15) is 9.90 Å². The van der Waals surface area contributed by atoms with E-state index >= 15 is 0 Å². The van der Waals surface area contributed by atoms with Crippen LogP contribution in [0.25, 0.3) is 10.8 Å². The molecule has 0 saturated heterocycles. The molecule has 2 unspecified atom stereocenters. The van der Waals surface area contributed by atoms with Crippen molar-refractivity contribution in [2.24, 2.45) is 0 Å². The molecule has 0 saturated carbocycles. The number of aromatic nitrogens is 1. The summed E-state index contributed by atoms with van der Waals surface area (Å²) in [4.78, 5) is 12.2. The van der Waals surface area contributed by atoms with Crippen LogP contribution in [0.2, 0.25) is 0 Å². The molecule has 0 fully saturated rings. The molecular formula is C14H18N2O2. The van der Waals surface area contributed by atoms with Crippen molar-refractivity contribution < 1.29 is 5.11 Å². The molecule has 0 aliphatic rings. The summed E-state index contributed by atoms with van der Waals surface area (Å²) in [5, 5.41) is 14.4. The number of pyridine rings is 1. The van der Waals surface area contributed by atoms with E-state index in [1.54, 1.807) is 19.2 Å². The van der Waals surface area contributed by atoms with Gasteiger partial charge < -0.3 is 10.4 Å². The molecule has 1 aromatic heterocycles. The fourth-order valence-corrected chi connectivity index (χ4v) is 2.12. The molecule has 1 heterocycles. The minimum Gasteiger partial charge on any atom is -0.373 e. The number of rotatable bonds is 3. The SMILES string of the molecule is CNC(C)c1cn(C(C)O)c(=O)c2ccccc12. The predicted molar refractivity (Wildman–Crippen MR) is 72.6 cm³/mol. The number of hydrogen-bond acceptors (Lipinski definition) is 3. The van der Waals surface area contributed by atoms with Crippen LogP contribution in [0.1, 0.15) is 31.7 Å². The molecule has 96 valence electrons. The van der Waals surface area contributed by atoms with Gasteiger partial charge in [-0.15, -0.1) is 0 Å². The van der Waals surface area contributed by atoms with Crippen molar-refractivity contribution in [1.29, 1.82) is 0 Å². The molecule has 0 aliphatic heterocycles. The minimum atomic E-state index is -0.829. The largest absolute Gasteiger partial charge is 0.373 e. The number of fused-ring (bicyclic) bond motifs is 1. The molecule has 2 atom stereocenters. The van der Waals surface area contributed by atoms with Gasteiger partial charge in [0.1, 0.15) is 6.23 Å². The average Bonchev–Trinajstić information content (AvgIpc) is 2.38. The van der Waals surface area contributed by atoms with E-state index in [0.29, 0.717) is 5.39 Å². The fraction of sp³-hybridized carbons (Fsp3) is 0.357. The number of hydrogen-bond donors (Lipinski definition) is 2. The summed E-state index contributed by atoms with van der Waals surface area (Å²) in [6.45, 7) is 3.61. The lowest BCUT2D eigenvalue weighted by Gasteiger charge is -2.18. The van der Waals surface area contributed by atoms with Crippen LogP contribution >= 0.6 is 0 Å². The van der Waals surface area contributed by atoms with Crippen LogP contribution in [0.15, 0.2) is 35.3 Å². The van der Waals surface area contributed by atoms with Crippen LogP contribution < -0.4 is 10.9 Å². The second-order valence-electron chi connectivity index (χ2n) is 4.48. The molecule has 0 radical (unpaired) electrons. The lowest BCUT2D eigenvalue weighted by atomic mass is 10.0. The molecule has 0 spiro atoms. The normalized spacial score (nSPS) is 14.7. The predicted octanol–water partition coefficient (Wildman–Crippen LogP) is 1.79. The molecule has 0 amide bonds. The molecule has 1 aromatic carbocycles. The first-order chi connectivity index (χ1) is 8.56. The van der Waals surface area contributed by atoms with Crippen molar-refractivity contribution in [3.63, 3.8) is 0 Å². The third kappa shape index (κ3) is 2.05. The van der Waals surface area contributed by atoms with Crippen LogP contribution in [-0.2, 0) is 0 Å². The first-order valence-electron chi connectivity index (χ1n) is 6.05. The number of nitrogens with zero attached hydrogens (tertiary/aromatic N) is 1. The molecule has 2 N–H and O–H groups in total. The molecule has 2 rings (SSSR count). The molecule has 18 heavy (non-hydrogen) atoms. The monoisotopic (exact) mass is 246 g/mol. The summed E-state index contributed by atoms with van der Waals surface area (Å²) in [5.74, 6) is 0. The number of nitrogens with one attached hydrogen (secondary N) is 1. The summed E-state index contributed by atoms with van der Waals surface area (Å²) in [6.07, 6.45) is 0.904. The molecule has 2 aromatic rings. The Morgan fingerprint density at radius 3 is 2.39 bits per heavy atom. The van der Waals surface area contributed by atoms with Crippen molar-refractivity contribution >= 4 is 10.8 Å². The Morgan fingerprint density at radius 2 is 1.83 bits per heavy atom. The second kappa shape index (κ2) is 4.92. The van der Waals surface area contributed by atoms with Gasteiger partial charge in [-0.25, -0.2) is 0 Å². The van der Waals surface area contributed by atoms with Crippen molar-refractivity contribution in [2.45, 2.75) is 26.1 Å². The Balaban J connectivity index is 2.84. The van der Waals surface area contributed by atoms with Gasteiger partial charge in [-0.3, -0.25) is 9.36 Å². The fourth-order valence-electron chi connectivity index (χ4n) is 2.12. The quantitative estimate of drug-likeness (QED) is 0.868. The summed E-state index contributed by atoms with van der Waals surface area (Å²) in [5.41, 5.74) is 0.848. The van der Waals surface area contributed by atoms with Crippen molar-refractivity contribution in [3.8, 4) is 0 Å². The standard InChI is InChI=1S/C14H18N2O2/c1-9(15-3)13-8-16(10(2)17)14(18)12-7-5-4-6-11(12)13/h4-10,15,17H,1-3H3. The Kier molecular flexibility index (Phi) is 3.50. The highest BCUT2D eigenvalue weighted by Crippen LogP contribution is 2.22. The van der Waals surface area contributed by atoms with Crippen LogP contribution in [-0.4, -0.2) is 16.7 Å². The first kappa shape index (κ1) is 12.8. The van der Waals surface area contributed by atoms with Crippen molar-refractivity contribution in [1.82, 2.24) is 9.88 Å². The van der Waals surface area contributed by atoms with Gasteiger partial charge in [0.25, 0.3) is 5.56 Å². The number of benzene rings is 1.